The molecule has 1 N–H and O–H groups in total. The maximum absolute atomic E-state index is 12.5. The Morgan fingerprint density at radius 3 is 2.42 bits per heavy atom. The van der Waals surface area contributed by atoms with E-state index in [0.29, 0.717) is 12.4 Å². The summed E-state index contributed by atoms with van der Waals surface area (Å²) in [6.07, 6.45) is -3.98. The molecule has 1 unspecified atom stereocenters. The molecule has 2 nitrogen and oxygen atoms in total. The predicted molar refractivity (Wildman–Crippen MR) is 67.1 cm³/mol. The summed E-state index contributed by atoms with van der Waals surface area (Å²) in [6.45, 7) is 3.58. The van der Waals surface area contributed by atoms with E-state index in [-0.39, 0.29) is 5.56 Å². The molecule has 0 fully saturated rings. The number of para-hydroxylation sites is 1. The van der Waals surface area contributed by atoms with Crippen LogP contribution in [0.5, 0.6) is 5.75 Å². The average Bonchev–Trinajstić information content (AvgIpc) is 2.27. The highest BCUT2D eigenvalue weighted by molar-refractivity contribution is 5.37. The van der Waals surface area contributed by atoms with Crippen LogP contribution in [0.25, 0.3) is 0 Å². The van der Waals surface area contributed by atoms with E-state index in [0.717, 1.165) is 19.8 Å². The van der Waals surface area contributed by atoms with E-state index < -0.39 is 18.2 Å². The van der Waals surface area contributed by atoms with Crippen LogP contribution in [0.3, 0.4) is 0 Å². The molecular weight excluding hydrogens is 257 g/mol. The molecule has 0 aliphatic rings. The molecular formula is C14H19F3O2. The van der Waals surface area contributed by atoms with Gasteiger partial charge in [-0.2, -0.15) is 13.2 Å². The number of rotatable bonds is 6. The van der Waals surface area contributed by atoms with Gasteiger partial charge < -0.3 is 9.84 Å². The standard InChI is InChI=1S/C14H19F3O2/c1-3-4-9-19-12-8-6-5-7-11(12)13(2,18)10-14(15,16)17/h5-8,18H,3-4,9-10H2,1-2H3. The maximum Gasteiger partial charge on any atom is 0.392 e. The van der Waals surface area contributed by atoms with Gasteiger partial charge in [0.2, 0.25) is 0 Å². The topological polar surface area (TPSA) is 29.5 Å². The molecule has 108 valence electrons. The smallest absolute Gasteiger partial charge is 0.392 e. The lowest BCUT2D eigenvalue weighted by atomic mass is 9.91. The SMILES string of the molecule is CCCCOc1ccccc1C(C)(O)CC(F)(F)F. The van der Waals surface area contributed by atoms with Crippen molar-refractivity contribution < 1.29 is 23.0 Å². The van der Waals surface area contributed by atoms with Gasteiger partial charge in [0, 0.05) is 5.56 Å². The third-order valence-electron chi connectivity index (χ3n) is 2.77. The minimum absolute atomic E-state index is 0.170. The van der Waals surface area contributed by atoms with Crippen LogP contribution in [-0.2, 0) is 5.60 Å². The van der Waals surface area contributed by atoms with Crippen molar-refractivity contribution in [3.63, 3.8) is 0 Å². The molecule has 1 atom stereocenters. The monoisotopic (exact) mass is 276 g/mol. The van der Waals surface area contributed by atoms with Crippen molar-refractivity contribution in [2.75, 3.05) is 6.61 Å². The van der Waals surface area contributed by atoms with E-state index in [9.17, 15) is 18.3 Å². The van der Waals surface area contributed by atoms with Gasteiger partial charge in [0.25, 0.3) is 0 Å². The first kappa shape index (κ1) is 15.8. The number of aliphatic hydroxyl groups is 1. The molecule has 0 heterocycles. The second-order valence-corrected chi connectivity index (χ2v) is 4.76. The number of ether oxygens (including phenoxy) is 1. The molecule has 0 aliphatic carbocycles. The second-order valence-electron chi connectivity index (χ2n) is 4.76. The number of alkyl halides is 3. The van der Waals surface area contributed by atoms with Crippen LogP contribution in [0.1, 0.15) is 38.7 Å². The lowest BCUT2D eigenvalue weighted by molar-refractivity contribution is -0.174. The molecule has 1 rings (SSSR count). The first-order valence-electron chi connectivity index (χ1n) is 6.27. The molecule has 0 spiro atoms. The zero-order valence-corrected chi connectivity index (χ0v) is 11.1. The van der Waals surface area contributed by atoms with Crippen molar-refractivity contribution in [3.05, 3.63) is 29.8 Å². The predicted octanol–water partition coefficient (Wildman–Crippen LogP) is 4.03. The van der Waals surface area contributed by atoms with Gasteiger partial charge in [0.1, 0.15) is 5.75 Å². The summed E-state index contributed by atoms with van der Waals surface area (Å²) in [6, 6.07) is 6.31. The summed E-state index contributed by atoms with van der Waals surface area (Å²) in [5.41, 5.74) is -1.82. The van der Waals surface area contributed by atoms with Crippen molar-refractivity contribution in [2.45, 2.75) is 44.9 Å². The van der Waals surface area contributed by atoms with Gasteiger partial charge in [-0.25, -0.2) is 0 Å². The Morgan fingerprint density at radius 1 is 1.21 bits per heavy atom. The Bertz CT molecular complexity index is 400. The van der Waals surface area contributed by atoms with Gasteiger partial charge in [-0.15, -0.1) is 0 Å². The van der Waals surface area contributed by atoms with Crippen LogP contribution in [0.2, 0.25) is 0 Å². The average molecular weight is 276 g/mol. The Balaban J connectivity index is 2.92. The van der Waals surface area contributed by atoms with Crippen molar-refractivity contribution in [2.24, 2.45) is 0 Å². The van der Waals surface area contributed by atoms with E-state index in [4.69, 9.17) is 4.74 Å². The van der Waals surface area contributed by atoms with Gasteiger partial charge >= 0.3 is 6.18 Å². The Labute approximate surface area is 111 Å². The largest absolute Gasteiger partial charge is 0.493 e. The molecule has 1 aromatic carbocycles. The zero-order chi connectivity index (χ0) is 14.5. The third kappa shape index (κ3) is 5.11. The minimum atomic E-state index is -4.43. The van der Waals surface area contributed by atoms with Crippen molar-refractivity contribution in [3.8, 4) is 5.75 Å². The molecule has 0 aromatic heterocycles. The van der Waals surface area contributed by atoms with E-state index in [2.05, 4.69) is 0 Å². The van der Waals surface area contributed by atoms with E-state index in [1.54, 1.807) is 18.2 Å². The van der Waals surface area contributed by atoms with Crippen molar-refractivity contribution in [1.29, 1.82) is 0 Å². The van der Waals surface area contributed by atoms with Crippen molar-refractivity contribution in [1.82, 2.24) is 0 Å². The number of hydrogen-bond donors (Lipinski definition) is 1. The quantitative estimate of drug-likeness (QED) is 0.795. The fourth-order valence-corrected chi connectivity index (χ4v) is 1.85. The summed E-state index contributed by atoms with van der Waals surface area (Å²) in [7, 11) is 0. The second kappa shape index (κ2) is 6.28. The zero-order valence-electron chi connectivity index (χ0n) is 11.1. The molecule has 0 saturated carbocycles. The molecule has 19 heavy (non-hydrogen) atoms. The van der Waals surface area contributed by atoms with Crippen LogP contribution in [-0.4, -0.2) is 17.9 Å². The summed E-state index contributed by atoms with van der Waals surface area (Å²) >= 11 is 0. The van der Waals surface area contributed by atoms with Gasteiger partial charge in [-0.05, 0) is 19.4 Å². The number of halogens is 3. The summed E-state index contributed by atoms with van der Waals surface area (Å²) in [5, 5.41) is 10.1. The fourth-order valence-electron chi connectivity index (χ4n) is 1.85. The highest BCUT2D eigenvalue weighted by Crippen LogP contribution is 2.38. The van der Waals surface area contributed by atoms with Crippen LogP contribution in [0, 0.1) is 0 Å². The van der Waals surface area contributed by atoms with Gasteiger partial charge in [0.15, 0.2) is 0 Å². The van der Waals surface area contributed by atoms with Crippen LogP contribution in [0.4, 0.5) is 13.2 Å². The molecule has 0 amide bonds. The van der Waals surface area contributed by atoms with Gasteiger partial charge in [0.05, 0.1) is 18.6 Å². The lowest BCUT2D eigenvalue weighted by Gasteiger charge is -2.27. The maximum atomic E-state index is 12.5. The number of hydrogen-bond acceptors (Lipinski definition) is 2. The van der Waals surface area contributed by atoms with Crippen molar-refractivity contribution >= 4 is 0 Å². The molecule has 0 bridgehead atoms. The molecule has 5 heteroatoms. The summed E-state index contributed by atoms with van der Waals surface area (Å²) in [4.78, 5) is 0. The van der Waals surface area contributed by atoms with Crippen LogP contribution >= 0.6 is 0 Å². The van der Waals surface area contributed by atoms with E-state index >= 15 is 0 Å². The first-order chi connectivity index (χ1) is 8.76. The van der Waals surface area contributed by atoms with Gasteiger partial charge in [-0.1, -0.05) is 31.5 Å². The Kier molecular flexibility index (Phi) is 5.23. The highest BCUT2D eigenvalue weighted by atomic mass is 19.4. The van der Waals surface area contributed by atoms with E-state index in [1.807, 2.05) is 6.92 Å². The minimum Gasteiger partial charge on any atom is -0.493 e. The first-order valence-corrected chi connectivity index (χ1v) is 6.27. The Hall–Kier alpha value is -1.23. The van der Waals surface area contributed by atoms with E-state index in [1.165, 1.54) is 6.07 Å². The van der Waals surface area contributed by atoms with Crippen LogP contribution < -0.4 is 4.74 Å². The summed E-state index contributed by atoms with van der Waals surface area (Å²) < 4.78 is 42.9. The number of unbranched alkanes of at least 4 members (excludes halogenated alkanes) is 1. The number of benzene rings is 1. The lowest BCUT2D eigenvalue weighted by Crippen LogP contribution is -2.29. The summed E-state index contributed by atoms with van der Waals surface area (Å²) in [5.74, 6) is 0.310. The fraction of sp³-hybridized carbons (Fsp3) is 0.571. The van der Waals surface area contributed by atoms with Crippen LogP contribution in [0.15, 0.2) is 24.3 Å². The molecule has 1 aromatic rings. The highest BCUT2D eigenvalue weighted by Gasteiger charge is 2.40. The van der Waals surface area contributed by atoms with Gasteiger partial charge in [-0.3, -0.25) is 0 Å². The molecule has 0 aliphatic heterocycles. The Morgan fingerprint density at radius 2 is 1.84 bits per heavy atom. The molecule has 0 saturated heterocycles. The third-order valence-corrected chi connectivity index (χ3v) is 2.77. The molecule has 0 radical (unpaired) electrons. The normalized spacial score (nSPS) is 15.1.